The number of furan rings is 1. The summed E-state index contributed by atoms with van der Waals surface area (Å²) in [5.74, 6) is 1.06. The van der Waals surface area contributed by atoms with E-state index >= 15 is 0 Å². The molecule has 0 unspecified atom stereocenters. The lowest BCUT2D eigenvalue weighted by molar-refractivity contribution is 0.226. The van der Waals surface area contributed by atoms with E-state index in [-0.39, 0.29) is 0 Å². The Morgan fingerprint density at radius 2 is 2.26 bits per heavy atom. The Kier molecular flexibility index (Phi) is 2.77. The number of hydrogen-bond acceptors (Lipinski definition) is 6. The Bertz CT molecular complexity index is 527. The Hall–Kier alpha value is -1.40. The molecule has 4 heterocycles. The van der Waals surface area contributed by atoms with Gasteiger partial charge in [-0.2, -0.15) is 0 Å². The molecule has 6 heteroatoms. The van der Waals surface area contributed by atoms with Crippen LogP contribution in [0.25, 0.3) is 0 Å². The van der Waals surface area contributed by atoms with Crippen LogP contribution in [0.1, 0.15) is 18.6 Å². The summed E-state index contributed by atoms with van der Waals surface area (Å²) in [7, 11) is 0. The molecule has 5 nitrogen and oxygen atoms in total. The molecule has 2 fully saturated rings. The maximum Gasteiger partial charge on any atom is 0.208 e. The quantitative estimate of drug-likeness (QED) is 0.858. The van der Waals surface area contributed by atoms with Crippen molar-refractivity contribution in [1.29, 1.82) is 0 Å². The highest BCUT2D eigenvalue weighted by Gasteiger charge is 2.43. The van der Waals surface area contributed by atoms with E-state index in [1.807, 2.05) is 11.6 Å². The van der Waals surface area contributed by atoms with Crippen LogP contribution in [-0.2, 0) is 6.54 Å². The number of likely N-dealkylation sites (tertiary alicyclic amines) is 1. The summed E-state index contributed by atoms with van der Waals surface area (Å²) in [4.78, 5) is 4.98. The zero-order valence-electron chi connectivity index (χ0n) is 10.6. The minimum Gasteiger partial charge on any atom is -0.468 e. The number of hydrogen-bond donors (Lipinski definition) is 0. The largest absolute Gasteiger partial charge is 0.468 e. The van der Waals surface area contributed by atoms with Gasteiger partial charge in [-0.1, -0.05) is 11.3 Å². The molecular weight excluding hydrogens is 260 g/mol. The third-order valence-corrected chi connectivity index (χ3v) is 4.95. The summed E-state index contributed by atoms with van der Waals surface area (Å²) in [6.45, 7) is 3.17. The van der Waals surface area contributed by atoms with Gasteiger partial charge in [-0.05, 0) is 25.0 Å². The van der Waals surface area contributed by atoms with Gasteiger partial charge in [-0.3, -0.25) is 4.90 Å². The summed E-state index contributed by atoms with van der Waals surface area (Å²) < 4.78 is 5.47. The fourth-order valence-corrected chi connectivity index (χ4v) is 4.05. The third-order valence-electron chi connectivity index (χ3n) is 4.22. The zero-order valence-corrected chi connectivity index (χ0v) is 11.4. The molecule has 100 valence electrons. The molecule has 0 bridgehead atoms. The van der Waals surface area contributed by atoms with Gasteiger partial charge >= 0.3 is 0 Å². The first kappa shape index (κ1) is 11.4. The van der Waals surface area contributed by atoms with Crippen molar-refractivity contribution < 1.29 is 4.42 Å². The molecule has 2 atom stereocenters. The van der Waals surface area contributed by atoms with Gasteiger partial charge in [0, 0.05) is 25.2 Å². The Morgan fingerprint density at radius 1 is 1.32 bits per heavy atom. The van der Waals surface area contributed by atoms with Crippen molar-refractivity contribution in [1.82, 2.24) is 15.1 Å². The number of fused-ring (bicyclic) bond motifs is 1. The van der Waals surface area contributed by atoms with Gasteiger partial charge < -0.3 is 9.32 Å². The number of nitrogens with zero attached hydrogens (tertiary/aromatic N) is 4. The van der Waals surface area contributed by atoms with E-state index in [0.29, 0.717) is 12.1 Å². The minimum absolute atomic E-state index is 0.600. The van der Waals surface area contributed by atoms with Gasteiger partial charge in [-0.15, -0.1) is 10.2 Å². The molecule has 0 saturated carbocycles. The fourth-order valence-electron chi connectivity index (χ4n) is 3.40. The number of anilines is 1. The van der Waals surface area contributed by atoms with Gasteiger partial charge in [0.2, 0.25) is 5.13 Å². The van der Waals surface area contributed by atoms with Gasteiger partial charge in [0.25, 0.3) is 0 Å². The molecule has 0 amide bonds. The van der Waals surface area contributed by atoms with E-state index in [1.54, 1.807) is 17.6 Å². The van der Waals surface area contributed by atoms with Crippen LogP contribution in [0.4, 0.5) is 5.13 Å². The predicted octanol–water partition coefficient (Wildman–Crippen LogP) is 1.98. The second-order valence-corrected chi connectivity index (χ2v) is 5.99. The summed E-state index contributed by atoms with van der Waals surface area (Å²) in [5, 5.41) is 9.25. The molecule has 4 rings (SSSR count). The van der Waals surface area contributed by atoms with Crippen LogP contribution in [-0.4, -0.2) is 40.3 Å². The third kappa shape index (κ3) is 1.95. The zero-order chi connectivity index (χ0) is 12.7. The van der Waals surface area contributed by atoms with Crippen LogP contribution in [0.5, 0.6) is 0 Å². The second-order valence-electron chi connectivity index (χ2n) is 5.18. The topological polar surface area (TPSA) is 45.4 Å². The molecule has 19 heavy (non-hydrogen) atoms. The molecule has 0 aliphatic carbocycles. The van der Waals surface area contributed by atoms with Gasteiger partial charge in [0.05, 0.1) is 12.8 Å². The SMILES string of the molecule is c1coc(CN2CC[C@@H]3[C@@H]2CCN3c2nncs2)c1. The molecule has 0 radical (unpaired) electrons. The molecule has 0 aromatic carbocycles. The first-order valence-electron chi connectivity index (χ1n) is 6.71. The molecule has 2 aliphatic heterocycles. The van der Waals surface area contributed by atoms with Crippen molar-refractivity contribution in [3.8, 4) is 0 Å². The van der Waals surface area contributed by atoms with Gasteiger partial charge in [-0.25, -0.2) is 0 Å². The molecule has 2 aromatic heterocycles. The van der Waals surface area contributed by atoms with Crippen LogP contribution in [0.2, 0.25) is 0 Å². The average molecular weight is 276 g/mol. The lowest BCUT2D eigenvalue weighted by Crippen LogP contribution is -2.36. The average Bonchev–Trinajstić information content (AvgIpc) is 3.15. The van der Waals surface area contributed by atoms with Crippen molar-refractivity contribution in [3.63, 3.8) is 0 Å². The molecule has 2 aliphatic rings. The first-order valence-corrected chi connectivity index (χ1v) is 7.59. The first-order chi connectivity index (χ1) is 9.42. The van der Waals surface area contributed by atoms with Crippen LogP contribution < -0.4 is 4.90 Å². The lowest BCUT2D eigenvalue weighted by Gasteiger charge is -2.24. The van der Waals surface area contributed by atoms with Crippen molar-refractivity contribution in [3.05, 3.63) is 29.7 Å². The highest BCUT2D eigenvalue weighted by Crippen LogP contribution is 2.36. The molecule has 0 spiro atoms. The number of rotatable bonds is 3. The Labute approximate surface area is 115 Å². The maximum atomic E-state index is 5.47. The Morgan fingerprint density at radius 3 is 3.05 bits per heavy atom. The summed E-state index contributed by atoms with van der Waals surface area (Å²) in [6, 6.07) is 5.26. The monoisotopic (exact) mass is 276 g/mol. The summed E-state index contributed by atoms with van der Waals surface area (Å²) >= 11 is 1.64. The second kappa shape index (κ2) is 4.61. The van der Waals surface area contributed by atoms with E-state index in [1.165, 1.54) is 12.8 Å². The predicted molar refractivity (Wildman–Crippen MR) is 73.2 cm³/mol. The van der Waals surface area contributed by atoms with Crippen LogP contribution in [0.3, 0.4) is 0 Å². The van der Waals surface area contributed by atoms with Crippen LogP contribution in [0.15, 0.2) is 28.3 Å². The number of aromatic nitrogens is 2. The molecule has 0 N–H and O–H groups in total. The van der Waals surface area contributed by atoms with Crippen molar-refractivity contribution in [2.45, 2.75) is 31.5 Å². The van der Waals surface area contributed by atoms with Crippen LogP contribution >= 0.6 is 11.3 Å². The van der Waals surface area contributed by atoms with Crippen molar-refractivity contribution in [2.24, 2.45) is 0 Å². The fraction of sp³-hybridized carbons (Fsp3) is 0.538. The van der Waals surface area contributed by atoms with Crippen molar-refractivity contribution >= 4 is 16.5 Å². The Balaban J connectivity index is 1.49. The minimum atomic E-state index is 0.600. The summed E-state index contributed by atoms with van der Waals surface area (Å²) in [6.07, 6.45) is 4.18. The summed E-state index contributed by atoms with van der Waals surface area (Å²) in [5.41, 5.74) is 1.82. The molecule has 2 saturated heterocycles. The molecular formula is C13H16N4OS. The maximum absolute atomic E-state index is 5.47. The van der Waals surface area contributed by atoms with Gasteiger partial charge in [0.1, 0.15) is 11.3 Å². The lowest BCUT2D eigenvalue weighted by atomic mass is 10.1. The normalized spacial score (nSPS) is 27.1. The van der Waals surface area contributed by atoms with E-state index in [0.717, 1.165) is 30.5 Å². The van der Waals surface area contributed by atoms with E-state index in [4.69, 9.17) is 4.42 Å². The van der Waals surface area contributed by atoms with Crippen molar-refractivity contribution in [2.75, 3.05) is 18.0 Å². The molecule has 2 aromatic rings. The highest BCUT2D eigenvalue weighted by atomic mass is 32.1. The highest BCUT2D eigenvalue weighted by molar-refractivity contribution is 7.13. The van der Waals surface area contributed by atoms with E-state index in [9.17, 15) is 0 Å². The van der Waals surface area contributed by atoms with E-state index in [2.05, 4.69) is 26.1 Å². The smallest absolute Gasteiger partial charge is 0.208 e. The van der Waals surface area contributed by atoms with Gasteiger partial charge in [0.15, 0.2) is 0 Å². The standard InChI is InChI=1S/C13H16N4OS/c1-2-10(18-7-1)8-16-5-3-12-11(16)4-6-17(12)13-15-14-9-19-13/h1-2,7,9,11-12H,3-6,8H2/t11-,12+/m0/s1. The van der Waals surface area contributed by atoms with E-state index < -0.39 is 0 Å². The van der Waals surface area contributed by atoms with Crippen LogP contribution in [0, 0.1) is 0 Å².